The van der Waals surface area contributed by atoms with E-state index < -0.39 is 4.92 Å². The van der Waals surface area contributed by atoms with E-state index in [4.69, 9.17) is 4.74 Å². The van der Waals surface area contributed by atoms with Crippen molar-refractivity contribution in [2.45, 2.75) is 19.8 Å². The van der Waals surface area contributed by atoms with Crippen LogP contribution in [0, 0.1) is 10.1 Å². The third-order valence-corrected chi connectivity index (χ3v) is 2.66. The maximum atomic E-state index is 10.9. The van der Waals surface area contributed by atoms with E-state index in [1.54, 1.807) is 6.07 Å². The molecule has 21 heavy (non-hydrogen) atoms. The van der Waals surface area contributed by atoms with E-state index in [0.29, 0.717) is 36.8 Å². The predicted molar refractivity (Wildman–Crippen MR) is 75.4 cm³/mol. The van der Waals surface area contributed by atoms with Gasteiger partial charge < -0.3 is 14.6 Å². The zero-order chi connectivity index (χ0) is 15.1. The van der Waals surface area contributed by atoms with Crippen LogP contribution >= 0.6 is 0 Å². The van der Waals surface area contributed by atoms with Crippen LogP contribution in [0.25, 0.3) is 0 Å². The fourth-order valence-corrected chi connectivity index (χ4v) is 1.72. The molecule has 0 aliphatic heterocycles. The maximum Gasteiger partial charge on any atom is 0.275 e. The standard InChI is InChI=1S/C13H16N4O4/c1-2-5-20-12-7-10(6-11(8-12)17(18)19)14-4-3-13-15-9-21-16-13/h6-9,14H,2-5H2,1H3. The Morgan fingerprint density at radius 1 is 1.43 bits per heavy atom. The summed E-state index contributed by atoms with van der Waals surface area (Å²) in [6.07, 6.45) is 2.66. The van der Waals surface area contributed by atoms with Gasteiger partial charge in [-0.3, -0.25) is 10.1 Å². The number of non-ortho nitro benzene ring substituents is 1. The maximum absolute atomic E-state index is 10.9. The van der Waals surface area contributed by atoms with Gasteiger partial charge in [0.15, 0.2) is 5.82 Å². The first-order valence-electron chi connectivity index (χ1n) is 6.60. The lowest BCUT2D eigenvalue weighted by atomic mass is 10.2. The Bertz CT molecular complexity index is 586. The van der Waals surface area contributed by atoms with Crippen LogP contribution in [-0.2, 0) is 6.42 Å². The SMILES string of the molecule is CCCOc1cc(NCCc2ncon2)cc([N+](=O)[O-])c1. The first-order valence-corrected chi connectivity index (χ1v) is 6.60. The van der Waals surface area contributed by atoms with Crippen molar-refractivity contribution in [2.24, 2.45) is 0 Å². The smallest absolute Gasteiger partial charge is 0.275 e. The van der Waals surface area contributed by atoms with Crippen LogP contribution in [0.3, 0.4) is 0 Å². The molecule has 0 amide bonds. The monoisotopic (exact) mass is 292 g/mol. The Hall–Kier alpha value is -2.64. The summed E-state index contributed by atoms with van der Waals surface area (Å²) in [5.74, 6) is 1.06. The molecule has 1 heterocycles. The molecular weight excluding hydrogens is 276 g/mol. The van der Waals surface area contributed by atoms with Gasteiger partial charge in [0.2, 0.25) is 6.39 Å². The number of aromatic nitrogens is 2. The second-order valence-corrected chi connectivity index (χ2v) is 4.35. The molecular formula is C13H16N4O4. The first kappa shape index (κ1) is 14.8. The lowest BCUT2D eigenvalue weighted by Gasteiger charge is -2.09. The average molecular weight is 292 g/mol. The number of ether oxygens (including phenoxy) is 1. The minimum absolute atomic E-state index is 0.00864. The average Bonchev–Trinajstić information content (AvgIpc) is 2.98. The molecule has 0 saturated carbocycles. The highest BCUT2D eigenvalue weighted by atomic mass is 16.6. The van der Waals surface area contributed by atoms with Crippen LogP contribution in [0.5, 0.6) is 5.75 Å². The molecule has 0 aliphatic rings. The fraction of sp³-hybridized carbons (Fsp3) is 0.385. The van der Waals surface area contributed by atoms with E-state index in [9.17, 15) is 10.1 Å². The lowest BCUT2D eigenvalue weighted by Crippen LogP contribution is -2.07. The summed E-state index contributed by atoms with van der Waals surface area (Å²) in [5, 5.41) is 17.7. The number of rotatable bonds is 8. The van der Waals surface area contributed by atoms with Gasteiger partial charge >= 0.3 is 0 Å². The van der Waals surface area contributed by atoms with Crippen LogP contribution in [0.2, 0.25) is 0 Å². The van der Waals surface area contributed by atoms with E-state index in [1.807, 2.05) is 6.92 Å². The number of nitrogens with one attached hydrogen (secondary N) is 1. The summed E-state index contributed by atoms with van der Waals surface area (Å²) in [6, 6.07) is 4.62. The van der Waals surface area contributed by atoms with Crippen molar-refractivity contribution in [3.8, 4) is 5.75 Å². The number of nitro groups is 1. The lowest BCUT2D eigenvalue weighted by molar-refractivity contribution is -0.384. The van der Waals surface area contributed by atoms with Gasteiger partial charge in [-0.25, -0.2) is 0 Å². The van der Waals surface area contributed by atoms with E-state index in [0.717, 1.165) is 6.42 Å². The van der Waals surface area contributed by atoms with Gasteiger partial charge in [0.05, 0.1) is 17.6 Å². The van der Waals surface area contributed by atoms with Gasteiger partial charge in [0, 0.05) is 30.8 Å². The van der Waals surface area contributed by atoms with Crippen molar-refractivity contribution in [3.63, 3.8) is 0 Å². The van der Waals surface area contributed by atoms with Gasteiger partial charge in [0.1, 0.15) is 5.75 Å². The Labute approximate surface area is 121 Å². The number of nitro benzene ring substituents is 1. The summed E-state index contributed by atoms with van der Waals surface area (Å²) in [4.78, 5) is 14.4. The Morgan fingerprint density at radius 3 is 2.95 bits per heavy atom. The van der Waals surface area contributed by atoms with E-state index in [1.165, 1.54) is 18.5 Å². The Kier molecular flexibility index (Phi) is 5.08. The molecule has 0 saturated heterocycles. The van der Waals surface area contributed by atoms with Crippen LogP contribution < -0.4 is 10.1 Å². The Morgan fingerprint density at radius 2 is 2.29 bits per heavy atom. The molecule has 0 radical (unpaired) electrons. The predicted octanol–water partition coefficient (Wildman–Crippen LogP) is 2.42. The minimum atomic E-state index is -0.441. The topological polar surface area (TPSA) is 103 Å². The molecule has 1 aromatic heterocycles. The van der Waals surface area contributed by atoms with Gasteiger partial charge in [-0.05, 0) is 6.42 Å². The van der Waals surface area contributed by atoms with Crippen molar-refractivity contribution in [3.05, 3.63) is 40.5 Å². The van der Waals surface area contributed by atoms with Crippen LogP contribution in [0.15, 0.2) is 29.1 Å². The summed E-state index contributed by atoms with van der Waals surface area (Å²) < 4.78 is 10.1. The third kappa shape index (κ3) is 4.44. The van der Waals surface area contributed by atoms with Crippen LogP contribution in [0.1, 0.15) is 19.2 Å². The summed E-state index contributed by atoms with van der Waals surface area (Å²) in [6.45, 7) is 3.03. The van der Waals surface area contributed by atoms with Crippen molar-refractivity contribution in [1.29, 1.82) is 0 Å². The minimum Gasteiger partial charge on any atom is -0.493 e. The molecule has 0 unspecified atom stereocenters. The molecule has 0 spiro atoms. The van der Waals surface area contributed by atoms with E-state index in [2.05, 4.69) is 20.0 Å². The zero-order valence-electron chi connectivity index (χ0n) is 11.6. The highest BCUT2D eigenvalue weighted by Crippen LogP contribution is 2.26. The molecule has 2 rings (SSSR count). The molecule has 112 valence electrons. The van der Waals surface area contributed by atoms with Crippen LogP contribution in [-0.4, -0.2) is 28.2 Å². The summed E-state index contributed by atoms with van der Waals surface area (Å²) >= 11 is 0. The normalized spacial score (nSPS) is 10.3. The van der Waals surface area contributed by atoms with Crippen molar-refractivity contribution in [2.75, 3.05) is 18.5 Å². The quantitative estimate of drug-likeness (QED) is 0.588. The first-order chi connectivity index (χ1) is 10.2. The molecule has 0 atom stereocenters. The highest BCUT2D eigenvalue weighted by molar-refractivity contribution is 5.56. The van der Waals surface area contributed by atoms with Crippen LogP contribution in [0.4, 0.5) is 11.4 Å². The molecule has 1 N–H and O–H groups in total. The zero-order valence-corrected chi connectivity index (χ0v) is 11.6. The largest absolute Gasteiger partial charge is 0.493 e. The van der Waals surface area contributed by atoms with Crippen molar-refractivity contribution < 1.29 is 14.2 Å². The summed E-state index contributed by atoms with van der Waals surface area (Å²) in [7, 11) is 0. The molecule has 0 bridgehead atoms. The molecule has 0 aliphatic carbocycles. The molecule has 8 heteroatoms. The van der Waals surface area contributed by atoms with Crippen molar-refractivity contribution in [1.82, 2.24) is 10.1 Å². The fourth-order valence-electron chi connectivity index (χ4n) is 1.72. The number of nitrogens with zero attached hydrogens (tertiary/aromatic N) is 3. The number of hydrogen-bond donors (Lipinski definition) is 1. The Balaban J connectivity index is 2.02. The second kappa shape index (κ2) is 7.22. The molecule has 2 aromatic rings. The van der Waals surface area contributed by atoms with Gasteiger partial charge in [-0.15, -0.1) is 0 Å². The van der Waals surface area contributed by atoms with E-state index >= 15 is 0 Å². The number of hydrogen-bond acceptors (Lipinski definition) is 7. The second-order valence-electron chi connectivity index (χ2n) is 4.35. The van der Waals surface area contributed by atoms with Gasteiger partial charge in [-0.1, -0.05) is 12.1 Å². The summed E-state index contributed by atoms with van der Waals surface area (Å²) in [5.41, 5.74) is 0.615. The third-order valence-electron chi connectivity index (χ3n) is 2.66. The van der Waals surface area contributed by atoms with E-state index in [-0.39, 0.29) is 5.69 Å². The van der Waals surface area contributed by atoms with Gasteiger partial charge in [0.25, 0.3) is 5.69 Å². The van der Waals surface area contributed by atoms with Gasteiger partial charge in [-0.2, -0.15) is 4.98 Å². The molecule has 8 nitrogen and oxygen atoms in total. The van der Waals surface area contributed by atoms with Crippen molar-refractivity contribution >= 4 is 11.4 Å². The molecule has 1 aromatic carbocycles. The number of benzene rings is 1. The number of anilines is 1. The highest BCUT2D eigenvalue weighted by Gasteiger charge is 2.10. The molecule has 0 fully saturated rings.